The van der Waals surface area contributed by atoms with E-state index in [2.05, 4.69) is 36.6 Å². The standard InChI is InChI=1S/C27H46N2O3/c1-9-10-11-21(3)32-19-23-14-12-22(13-15-23)17-28-24(30)18-29-27(7,8)16-20(2)25(31)26(4,5)6/h12-15,20-21,29H,9-11,16-19H2,1-8H3,(H,28,30). The number of Topliss-reactive ketones (excluding diaryl/α,β-unsaturated/α-hetero) is 1. The van der Waals surface area contributed by atoms with E-state index in [0.717, 1.165) is 17.5 Å². The molecule has 2 unspecified atom stereocenters. The van der Waals surface area contributed by atoms with Gasteiger partial charge < -0.3 is 15.4 Å². The Balaban J connectivity index is 2.38. The summed E-state index contributed by atoms with van der Waals surface area (Å²) in [6, 6.07) is 8.19. The Kier molecular flexibility index (Phi) is 11.6. The van der Waals surface area contributed by atoms with Gasteiger partial charge in [0.25, 0.3) is 0 Å². The molecule has 0 heterocycles. The van der Waals surface area contributed by atoms with Gasteiger partial charge in [0, 0.05) is 23.4 Å². The highest BCUT2D eigenvalue weighted by Crippen LogP contribution is 2.25. The highest BCUT2D eigenvalue weighted by Gasteiger charge is 2.31. The number of amides is 1. The van der Waals surface area contributed by atoms with Crippen LogP contribution in [-0.2, 0) is 27.5 Å². The van der Waals surface area contributed by atoms with Gasteiger partial charge >= 0.3 is 0 Å². The molecule has 182 valence electrons. The van der Waals surface area contributed by atoms with E-state index in [0.29, 0.717) is 19.6 Å². The summed E-state index contributed by atoms with van der Waals surface area (Å²) >= 11 is 0. The topological polar surface area (TPSA) is 67.4 Å². The van der Waals surface area contributed by atoms with Crippen LogP contribution in [0.15, 0.2) is 24.3 Å². The molecule has 5 heteroatoms. The van der Waals surface area contributed by atoms with Crippen LogP contribution in [0.1, 0.15) is 92.2 Å². The molecule has 0 aliphatic carbocycles. The number of nitrogens with one attached hydrogen (secondary N) is 2. The monoisotopic (exact) mass is 446 g/mol. The maximum Gasteiger partial charge on any atom is 0.234 e. The van der Waals surface area contributed by atoms with Crippen LogP contribution >= 0.6 is 0 Å². The van der Waals surface area contributed by atoms with Crippen molar-refractivity contribution in [2.24, 2.45) is 11.3 Å². The highest BCUT2D eigenvalue weighted by molar-refractivity contribution is 5.85. The fraction of sp³-hybridized carbons (Fsp3) is 0.704. The second-order valence-corrected chi connectivity index (χ2v) is 10.8. The smallest absolute Gasteiger partial charge is 0.234 e. The van der Waals surface area contributed by atoms with Gasteiger partial charge in [0.2, 0.25) is 5.91 Å². The number of ether oxygens (including phenoxy) is 1. The molecule has 0 aliphatic heterocycles. The maximum atomic E-state index is 12.5. The fourth-order valence-electron chi connectivity index (χ4n) is 3.82. The molecule has 5 nitrogen and oxygen atoms in total. The Hall–Kier alpha value is -1.72. The first-order valence-electron chi connectivity index (χ1n) is 12.1. The Bertz CT molecular complexity index is 705. The lowest BCUT2D eigenvalue weighted by atomic mass is 9.79. The van der Waals surface area contributed by atoms with Crippen molar-refractivity contribution in [2.45, 2.75) is 106 Å². The molecule has 0 radical (unpaired) electrons. The molecule has 0 saturated heterocycles. The van der Waals surface area contributed by atoms with Crippen LogP contribution < -0.4 is 10.6 Å². The van der Waals surface area contributed by atoms with Crippen molar-refractivity contribution >= 4 is 11.7 Å². The van der Waals surface area contributed by atoms with Gasteiger partial charge in [-0.25, -0.2) is 0 Å². The summed E-state index contributed by atoms with van der Waals surface area (Å²) in [7, 11) is 0. The molecule has 32 heavy (non-hydrogen) atoms. The molecule has 1 aromatic carbocycles. The lowest BCUT2D eigenvalue weighted by Gasteiger charge is -2.31. The summed E-state index contributed by atoms with van der Waals surface area (Å²) in [6.07, 6.45) is 4.45. The second kappa shape index (κ2) is 13.1. The van der Waals surface area contributed by atoms with E-state index in [1.807, 2.05) is 53.7 Å². The lowest BCUT2D eigenvalue weighted by molar-refractivity contribution is -0.130. The van der Waals surface area contributed by atoms with Crippen molar-refractivity contribution in [1.29, 1.82) is 0 Å². The molecule has 0 spiro atoms. The van der Waals surface area contributed by atoms with E-state index in [4.69, 9.17) is 4.74 Å². The average Bonchev–Trinajstić information content (AvgIpc) is 2.72. The van der Waals surface area contributed by atoms with E-state index in [-0.39, 0.29) is 41.2 Å². The molecule has 0 fully saturated rings. The summed E-state index contributed by atoms with van der Waals surface area (Å²) in [6.45, 7) is 17.6. The lowest BCUT2D eigenvalue weighted by Crippen LogP contribution is -2.47. The molecule has 0 saturated carbocycles. The van der Waals surface area contributed by atoms with E-state index in [1.54, 1.807) is 0 Å². The molecular formula is C27H46N2O3. The van der Waals surface area contributed by atoms with Gasteiger partial charge in [-0.2, -0.15) is 0 Å². The van der Waals surface area contributed by atoms with Crippen molar-refractivity contribution in [3.63, 3.8) is 0 Å². The average molecular weight is 447 g/mol. The zero-order valence-electron chi connectivity index (χ0n) is 21.6. The maximum absolute atomic E-state index is 12.5. The predicted octanol–water partition coefficient (Wildman–Crippen LogP) is 5.41. The Morgan fingerprint density at radius 1 is 1.00 bits per heavy atom. The second-order valence-electron chi connectivity index (χ2n) is 10.8. The van der Waals surface area contributed by atoms with Crippen molar-refractivity contribution in [1.82, 2.24) is 10.6 Å². The fourth-order valence-corrected chi connectivity index (χ4v) is 3.82. The van der Waals surface area contributed by atoms with E-state index in [9.17, 15) is 9.59 Å². The van der Waals surface area contributed by atoms with Crippen LogP contribution in [0.4, 0.5) is 0 Å². The Morgan fingerprint density at radius 3 is 2.16 bits per heavy atom. The van der Waals surface area contributed by atoms with Gasteiger partial charge in [-0.1, -0.05) is 71.7 Å². The molecule has 2 atom stereocenters. The summed E-state index contributed by atoms with van der Waals surface area (Å²) in [5.41, 5.74) is 1.56. The van der Waals surface area contributed by atoms with Gasteiger partial charge in [0.15, 0.2) is 0 Å². The molecule has 1 amide bonds. The summed E-state index contributed by atoms with van der Waals surface area (Å²) < 4.78 is 5.89. The number of carbonyl (C=O) groups excluding carboxylic acids is 2. The van der Waals surface area contributed by atoms with Gasteiger partial charge in [-0.15, -0.1) is 0 Å². The first-order chi connectivity index (χ1) is 14.8. The van der Waals surface area contributed by atoms with Crippen LogP contribution in [0, 0.1) is 11.3 Å². The first kappa shape index (κ1) is 28.3. The normalized spacial score (nSPS) is 14.1. The summed E-state index contributed by atoms with van der Waals surface area (Å²) in [5, 5.41) is 6.27. The van der Waals surface area contributed by atoms with E-state index in [1.165, 1.54) is 12.8 Å². The molecule has 0 aromatic heterocycles. The quantitative estimate of drug-likeness (QED) is 0.401. The van der Waals surface area contributed by atoms with E-state index < -0.39 is 0 Å². The Morgan fingerprint density at radius 2 is 1.59 bits per heavy atom. The minimum atomic E-state index is -0.345. The Labute approximate surface area is 196 Å². The van der Waals surface area contributed by atoms with Crippen molar-refractivity contribution < 1.29 is 14.3 Å². The molecule has 2 N–H and O–H groups in total. The van der Waals surface area contributed by atoms with Gasteiger partial charge in [0.05, 0.1) is 19.3 Å². The number of unbranched alkanes of at least 4 members (excludes halogenated alkanes) is 1. The summed E-state index contributed by atoms with van der Waals surface area (Å²) in [5.74, 6) is 0.142. The number of hydrogen-bond donors (Lipinski definition) is 2. The minimum Gasteiger partial charge on any atom is -0.374 e. The number of ketones is 1. The summed E-state index contributed by atoms with van der Waals surface area (Å²) in [4.78, 5) is 24.8. The van der Waals surface area contributed by atoms with E-state index >= 15 is 0 Å². The van der Waals surface area contributed by atoms with Gasteiger partial charge in [-0.3, -0.25) is 9.59 Å². The van der Waals surface area contributed by atoms with Crippen molar-refractivity contribution in [2.75, 3.05) is 6.54 Å². The van der Waals surface area contributed by atoms with Crippen molar-refractivity contribution in [3.8, 4) is 0 Å². The molecule has 1 rings (SSSR count). The number of hydrogen-bond acceptors (Lipinski definition) is 4. The number of rotatable bonds is 14. The van der Waals surface area contributed by atoms with Crippen LogP contribution in [-0.4, -0.2) is 29.9 Å². The molecule has 1 aromatic rings. The predicted molar refractivity (Wildman–Crippen MR) is 132 cm³/mol. The largest absolute Gasteiger partial charge is 0.374 e. The molecule has 0 aliphatic rings. The van der Waals surface area contributed by atoms with Crippen molar-refractivity contribution in [3.05, 3.63) is 35.4 Å². The van der Waals surface area contributed by atoms with Crippen LogP contribution in [0.25, 0.3) is 0 Å². The molecule has 0 bridgehead atoms. The number of benzene rings is 1. The van der Waals surface area contributed by atoms with Crippen LogP contribution in [0.2, 0.25) is 0 Å². The van der Waals surface area contributed by atoms with Crippen LogP contribution in [0.3, 0.4) is 0 Å². The third-order valence-corrected chi connectivity index (χ3v) is 5.74. The first-order valence-corrected chi connectivity index (χ1v) is 12.1. The third-order valence-electron chi connectivity index (χ3n) is 5.74. The number of carbonyl (C=O) groups is 2. The SMILES string of the molecule is CCCCC(C)OCc1ccc(CNC(=O)CNC(C)(C)CC(C)C(=O)C(C)(C)C)cc1. The van der Waals surface area contributed by atoms with Gasteiger partial charge in [-0.05, 0) is 44.7 Å². The van der Waals surface area contributed by atoms with Gasteiger partial charge in [0.1, 0.15) is 5.78 Å². The zero-order valence-corrected chi connectivity index (χ0v) is 21.6. The zero-order chi connectivity index (χ0) is 24.4. The third kappa shape index (κ3) is 11.2. The highest BCUT2D eigenvalue weighted by atomic mass is 16.5. The minimum absolute atomic E-state index is 0.0509. The van der Waals surface area contributed by atoms with Crippen LogP contribution in [0.5, 0.6) is 0 Å². The molecular weight excluding hydrogens is 400 g/mol.